The van der Waals surface area contributed by atoms with Crippen molar-refractivity contribution in [2.75, 3.05) is 5.32 Å². The lowest BCUT2D eigenvalue weighted by atomic mass is 9.85. The highest BCUT2D eigenvalue weighted by molar-refractivity contribution is 5.99. The van der Waals surface area contributed by atoms with Gasteiger partial charge in [0.15, 0.2) is 0 Å². The highest BCUT2D eigenvalue weighted by Crippen LogP contribution is 2.33. The average molecular weight is 487 g/mol. The third-order valence-electron chi connectivity index (χ3n) is 6.96. The summed E-state index contributed by atoms with van der Waals surface area (Å²) in [6.45, 7) is 0. The molecule has 1 aliphatic rings. The predicted molar refractivity (Wildman–Crippen MR) is 141 cm³/mol. The van der Waals surface area contributed by atoms with Gasteiger partial charge in [-0.25, -0.2) is 9.97 Å². The summed E-state index contributed by atoms with van der Waals surface area (Å²) in [4.78, 5) is 33.7. The molecule has 37 heavy (non-hydrogen) atoms. The fourth-order valence-electron chi connectivity index (χ4n) is 4.75. The van der Waals surface area contributed by atoms with Crippen molar-refractivity contribution in [2.45, 2.75) is 19.3 Å². The van der Waals surface area contributed by atoms with E-state index in [2.05, 4.69) is 41.5 Å². The first-order valence-electron chi connectivity index (χ1n) is 12.2. The van der Waals surface area contributed by atoms with Gasteiger partial charge in [0.25, 0.3) is 0 Å². The molecule has 1 amide bonds. The van der Waals surface area contributed by atoms with Crippen LogP contribution in [0.15, 0.2) is 73.4 Å². The molecule has 0 spiro atoms. The normalized spacial score (nSPS) is 13.6. The van der Waals surface area contributed by atoms with E-state index in [1.807, 2.05) is 36.4 Å². The van der Waals surface area contributed by atoms with Gasteiger partial charge in [-0.1, -0.05) is 6.42 Å². The Morgan fingerprint density at radius 1 is 0.946 bits per heavy atom. The SMILES string of the molecule is O=C(Nc1cncc(-c2ccc3[nH]nc(-c4cc5c(-c6ccncc6)ccnc5[nH]4)c3n2)c1)C1CCC1. The van der Waals surface area contributed by atoms with Gasteiger partial charge in [0.1, 0.15) is 16.9 Å². The van der Waals surface area contributed by atoms with Crippen molar-refractivity contribution in [1.82, 2.24) is 35.1 Å². The van der Waals surface area contributed by atoms with Crippen molar-refractivity contribution in [3.63, 3.8) is 0 Å². The summed E-state index contributed by atoms with van der Waals surface area (Å²) in [7, 11) is 0. The number of fused-ring (bicyclic) bond motifs is 2. The van der Waals surface area contributed by atoms with Crippen LogP contribution in [0.5, 0.6) is 0 Å². The molecule has 0 saturated heterocycles. The highest BCUT2D eigenvalue weighted by Gasteiger charge is 2.25. The summed E-state index contributed by atoms with van der Waals surface area (Å²) < 4.78 is 0. The van der Waals surface area contributed by atoms with Crippen LogP contribution >= 0.6 is 0 Å². The standard InChI is InChI=1S/C28H22N8O/c37-28(17-2-1-3-17)32-19-12-18(14-30-15-19)22-4-5-23-25(33-22)26(36-35-23)24-13-21-20(8-11-31-27(21)34-24)16-6-9-29-10-7-16/h4-15,17H,1-3H2,(H,31,34)(H,32,37)(H,35,36). The number of carbonyl (C=O) groups excluding carboxylic acids is 1. The fourth-order valence-corrected chi connectivity index (χ4v) is 4.75. The van der Waals surface area contributed by atoms with Crippen LogP contribution in [-0.4, -0.2) is 41.0 Å². The van der Waals surface area contributed by atoms with Crippen LogP contribution in [0, 0.1) is 5.92 Å². The summed E-state index contributed by atoms with van der Waals surface area (Å²) in [5.41, 5.74) is 8.22. The van der Waals surface area contributed by atoms with E-state index < -0.39 is 0 Å². The second-order valence-electron chi connectivity index (χ2n) is 9.28. The number of aromatic nitrogens is 7. The summed E-state index contributed by atoms with van der Waals surface area (Å²) >= 11 is 0. The molecule has 1 saturated carbocycles. The molecule has 180 valence electrons. The third kappa shape index (κ3) is 3.81. The quantitative estimate of drug-likeness (QED) is 0.301. The van der Waals surface area contributed by atoms with Crippen LogP contribution in [0.3, 0.4) is 0 Å². The Labute approximate surface area is 211 Å². The molecule has 0 radical (unpaired) electrons. The Morgan fingerprint density at radius 2 is 1.84 bits per heavy atom. The van der Waals surface area contributed by atoms with Gasteiger partial charge in [-0.3, -0.25) is 19.9 Å². The fraction of sp³-hybridized carbons (Fsp3) is 0.143. The molecule has 1 aliphatic carbocycles. The van der Waals surface area contributed by atoms with Crippen molar-refractivity contribution in [1.29, 1.82) is 0 Å². The van der Waals surface area contributed by atoms with Gasteiger partial charge in [-0.15, -0.1) is 0 Å². The number of rotatable bonds is 5. The molecule has 1 fully saturated rings. The number of hydrogen-bond acceptors (Lipinski definition) is 6. The topological polar surface area (TPSA) is 125 Å². The Morgan fingerprint density at radius 3 is 2.68 bits per heavy atom. The van der Waals surface area contributed by atoms with Gasteiger partial charge in [0, 0.05) is 41.7 Å². The van der Waals surface area contributed by atoms with Crippen LogP contribution in [-0.2, 0) is 4.79 Å². The molecule has 0 aromatic carbocycles. The van der Waals surface area contributed by atoms with Gasteiger partial charge in [0.05, 0.1) is 28.8 Å². The zero-order valence-corrected chi connectivity index (χ0v) is 19.8. The molecule has 6 aromatic rings. The van der Waals surface area contributed by atoms with E-state index in [1.54, 1.807) is 31.0 Å². The lowest BCUT2D eigenvalue weighted by molar-refractivity contribution is -0.122. The van der Waals surface area contributed by atoms with Crippen molar-refractivity contribution >= 4 is 33.7 Å². The Hall–Kier alpha value is -4.92. The molecule has 9 nitrogen and oxygen atoms in total. The summed E-state index contributed by atoms with van der Waals surface area (Å²) in [6.07, 6.45) is 11.8. The first-order valence-corrected chi connectivity index (χ1v) is 12.2. The molecule has 7 rings (SSSR count). The lowest BCUT2D eigenvalue weighted by Gasteiger charge is -2.24. The van der Waals surface area contributed by atoms with Crippen LogP contribution in [0.25, 0.3) is 55.8 Å². The molecule has 0 aliphatic heterocycles. The molecule has 0 bridgehead atoms. The van der Waals surface area contributed by atoms with Crippen molar-refractivity contribution < 1.29 is 4.79 Å². The maximum Gasteiger partial charge on any atom is 0.227 e. The van der Waals surface area contributed by atoms with Gasteiger partial charge in [0.2, 0.25) is 5.91 Å². The molecule has 6 heterocycles. The predicted octanol–water partition coefficient (Wildman–Crippen LogP) is 5.36. The number of aromatic amines is 2. The maximum absolute atomic E-state index is 12.4. The summed E-state index contributed by atoms with van der Waals surface area (Å²) in [6, 6.07) is 13.8. The maximum atomic E-state index is 12.4. The number of H-pyrrole nitrogens is 2. The number of nitrogens with zero attached hydrogens (tertiary/aromatic N) is 5. The van der Waals surface area contributed by atoms with Crippen LogP contribution in [0.1, 0.15) is 19.3 Å². The van der Waals surface area contributed by atoms with Crippen molar-refractivity contribution in [3.05, 3.63) is 73.4 Å². The van der Waals surface area contributed by atoms with E-state index in [-0.39, 0.29) is 11.8 Å². The number of nitrogens with one attached hydrogen (secondary N) is 3. The first kappa shape index (κ1) is 21.4. The largest absolute Gasteiger partial charge is 0.338 e. The minimum Gasteiger partial charge on any atom is -0.338 e. The van der Waals surface area contributed by atoms with E-state index in [0.29, 0.717) is 11.4 Å². The summed E-state index contributed by atoms with van der Waals surface area (Å²) in [5, 5.41) is 11.6. The molecular formula is C28H22N8O. The smallest absolute Gasteiger partial charge is 0.227 e. The average Bonchev–Trinajstić information content (AvgIpc) is 3.52. The van der Waals surface area contributed by atoms with Gasteiger partial charge in [-0.2, -0.15) is 5.10 Å². The van der Waals surface area contributed by atoms with E-state index in [1.165, 1.54) is 0 Å². The number of carbonyl (C=O) groups is 1. The van der Waals surface area contributed by atoms with Gasteiger partial charge >= 0.3 is 0 Å². The van der Waals surface area contributed by atoms with Crippen LogP contribution in [0.2, 0.25) is 0 Å². The Bertz CT molecular complexity index is 1770. The van der Waals surface area contributed by atoms with Crippen LogP contribution in [0.4, 0.5) is 5.69 Å². The highest BCUT2D eigenvalue weighted by atomic mass is 16.1. The number of amides is 1. The third-order valence-corrected chi connectivity index (χ3v) is 6.96. The minimum absolute atomic E-state index is 0.0595. The number of hydrogen-bond donors (Lipinski definition) is 3. The molecule has 6 aromatic heterocycles. The molecular weight excluding hydrogens is 464 g/mol. The van der Waals surface area contributed by atoms with E-state index in [9.17, 15) is 4.79 Å². The minimum atomic E-state index is 0.0595. The van der Waals surface area contributed by atoms with Crippen molar-refractivity contribution in [2.24, 2.45) is 5.92 Å². The van der Waals surface area contributed by atoms with E-state index in [4.69, 9.17) is 4.98 Å². The first-order chi connectivity index (χ1) is 18.2. The lowest BCUT2D eigenvalue weighted by Crippen LogP contribution is -2.28. The van der Waals surface area contributed by atoms with E-state index in [0.717, 1.165) is 69.4 Å². The summed E-state index contributed by atoms with van der Waals surface area (Å²) in [5.74, 6) is 0.167. The zero-order chi connectivity index (χ0) is 24.8. The zero-order valence-electron chi connectivity index (χ0n) is 19.8. The molecule has 9 heteroatoms. The monoisotopic (exact) mass is 486 g/mol. The molecule has 0 atom stereocenters. The van der Waals surface area contributed by atoms with Gasteiger partial charge in [-0.05, 0) is 66.4 Å². The number of anilines is 1. The Balaban J connectivity index is 1.26. The molecule has 0 unspecified atom stereocenters. The second kappa shape index (κ2) is 8.63. The van der Waals surface area contributed by atoms with Crippen molar-refractivity contribution in [3.8, 4) is 33.8 Å². The number of pyridine rings is 4. The van der Waals surface area contributed by atoms with E-state index >= 15 is 0 Å². The van der Waals surface area contributed by atoms with Gasteiger partial charge < -0.3 is 10.3 Å². The molecule has 3 N–H and O–H groups in total. The second-order valence-corrected chi connectivity index (χ2v) is 9.28. The van der Waals surface area contributed by atoms with Crippen LogP contribution < -0.4 is 5.32 Å². The Kier molecular flexibility index (Phi) is 4.99.